The minimum Gasteiger partial charge on any atom is -0.492 e. The number of nitrogens with zero attached hydrogens (tertiary/aromatic N) is 1. The second-order valence-electron chi connectivity index (χ2n) is 13.5. The predicted octanol–water partition coefficient (Wildman–Crippen LogP) is 10.3. The normalized spacial score (nSPS) is 14.2. The predicted molar refractivity (Wildman–Crippen MR) is 198 cm³/mol. The van der Waals surface area contributed by atoms with Crippen molar-refractivity contribution in [1.29, 1.82) is 0 Å². The van der Waals surface area contributed by atoms with Gasteiger partial charge in [-0.3, -0.25) is 0 Å². The van der Waals surface area contributed by atoms with Crippen LogP contribution in [0, 0.1) is 6.92 Å². The van der Waals surface area contributed by atoms with Gasteiger partial charge < -0.3 is 23.5 Å². The molecule has 2 unspecified atom stereocenters. The lowest BCUT2D eigenvalue weighted by Gasteiger charge is -2.43. The van der Waals surface area contributed by atoms with Crippen molar-refractivity contribution in [2.75, 3.05) is 33.9 Å². The fourth-order valence-corrected chi connectivity index (χ4v) is 7.18. The van der Waals surface area contributed by atoms with Crippen LogP contribution in [-0.2, 0) is 26.9 Å². The first kappa shape index (κ1) is 39.9. The Morgan fingerprint density at radius 3 is 1.76 bits per heavy atom. The third-order valence-corrected chi connectivity index (χ3v) is 9.70. The Morgan fingerprint density at radius 2 is 1.28 bits per heavy atom. The number of ether oxygens (including phenoxy) is 3. The Bertz CT molecular complexity index is 1570. The maximum atomic E-state index is 14.9. The molecule has 2 atom stereocenters. The topological polar surface area (TPSA) is 40.2 Å². The number of hydrogen-bond acceptors (Lipinski definition) is 5. The van der Waals surface area contributed by atoms with E-state index in [1.54, 1.807) is 43.9 Å². The number of hydrogen-bond donors (Lipinski definition) is 0. The van der Waals surface area contributed by atoms with E-state index >= 15 is 0 Å². The SMILES string of the molecule is COC(O[Si](C)(C)C)(C(Cc1ccc(OCCN(C)CC(c2ccc(Cl)cc2)c2ccc(Cl)cc2)cc1)OCc1ccc(C)cc1)C(F)(F)F. The second kappa shape index (κ2) is 17.6. The van der Waals surface area contributed by atoms with E-state index in [0.29, 0.717) is 34.5 Å². The van der Waals surface area contributed by atoms with Gasteiger partial charge in [-0.2, -0.15) is 13.2 Å². The summed E-state index contributed by atoms with van der Waals surface area (Å²) in [6.45, 7) is 8.79. The van der Waals surface area contributed by atoms with Gasteiger partial charge >= 0.3 is 6.18 Å². The number of methoxy groups -OCH3 is 1. The molecule has 270 valence electrons. The molecule has 0 aliphatic carbocycles. The summed E-state index contributed by atoms with van der Waals surface area (Å²) < 4.78 is 67.7. The lowest BCUT2D eigenvalue weighted by atomic mass is 9.91. The maximum Gasteiger partial charge on any atom is 0.445 e. The highest BCUT2D eigenvalue weighted by Crippen LogP contribution is 2.42. The Labute approximate surface area is 305 Å². The molecule has 0 spiro atoms. The average molecular weight is 749 g/mol. The molecule has 0 bridgehead atoms. The van der Waals surface area contributed by atoms with Crippen LogP contribution in [0.3, 0.4) is 0 Å². The Kier molecular flexibility index (Phi) is 14.0. The van der Waals surface area contributed by atoms with Crippen LogP contribution >= 0.6 is 23.2 Å². The fraction of sp³-hybridized carbons (Fsp3) is 0.385. The van der Waals surface area contributed by atoms with Crippen molar-refractivity contribution in [2.24, 2.45) is 0 Å². The zero-order chi connectivity index (χ0) is 36.5. The molecular formula is C39H46Cl2F3NO4Si. The van der Waals surface area contributed by atoms with Crippen LogP contribution in [-0.4, -0.2) is 65.1 Å². The van der Waals surface area contributed by atoms with Crippen LogP contribution in [0.2, 0.25) is 29.7 Å². The van der Waals surface area contributed by atoms with Crippen LogP contribution in [0.4, 0.5) is 13.2 Å². The molecule has 4 aromatic rings. The molecule has 0 fully saturated rings. The first-order valence-corrected chi connectivity index (χ1v) is 20.7. The molecule has 0 saturated carbocycles. The zero-order valence-corrected chi connectivity index (χ0v) is 31.9. The highest BCUT2D eigenvalue weighted by molar-refractivity contribution is 6.69. The number of halogens is 5. The monoisotopic (exact) mass is 747 g/mol. The van der Waals surface area contributed by atoms with E-state index < -0.39 is 26.4 Å². The van der Waals surface area contributed by atoms with Crippen molar-refractivity contribution in [3.63, 3.8) is 0 Å². The van der Waals surface area contributed by atoms with Crippen LogP contribution in [0.15, 0.2) is 97.1 Å². The molecule has 0 amide bonds. The van der Waals surface area contributed by atoms with E-state index in [1.165, 1.54) is 0 Å². The van der Waals surface area contributed by atoms with Crippen LogP contribution < -0.4 is 4.74 Å². The summed E-state index contributed by atoms with van der Waals surface area (Å²) in [6.07, 6.45) is -6.42. The highest BCUT2D eigenvalue weighted by atomic mass is 35.5. The van der Waals surface area contributed by atoms with Crippen molar-refractivity contribution in [3.8, 4) is 5.75 Å². The summed E-state index contributed by atoms with van der Waals surface area (Å²) in [7, 11) is 0.294. The molecule has 0 N–H and O–H groups in total. The summed E-state index contributed by atoms with van der Waals surface area (Å²) in [5, 5.41) is 1.36. The van der Waals surface area contributed by atoms with E-state index in [0.717, 1.165) is 35.9 Å². The van der Waals surface area contributed by atoms with E-state index in [-0.39, 0.29) is 18.9 Å². The smallest absolute Gasteiger partial charge is 0.445 e. The van der Waals surface area contributed by atoms with Gasteiger partial charge in [-0.15, -0.1) is 0 Å². The first-order valence-electron chi connectivity index (χ1n) is 16.5. The fourth-order valence-electron chi connectivity index (χ4n) is 5.69. The van der Waals surface area contributed by atoms with E-state index in [9.17, 15) is 13.2 Å². The molecule has 0 aromatic heterocycles. The molecule has 0 radical (unpaired) electrons. The molecule has 4 aromatic carbocycles. The van der Waals surface area contributed by atoms with Gasteiger partial charge in [-0.25, -0.2) is 0 Å². The highest BCUT2D eigenvalue weighted by Gasteiger charge is 2.64. The second-order valence-corrected chi connectivity index (χ2v) is 18.8. The molecule has 4 rings (SSSR count). The number of benzene rings is 4. The minimum absolute atomic E-state index is 0.0349. The van der Waals surface area contributed by atoms with Gasteiger partial charge in [0.15, 0.2) is 8.32 Å². The zero-order valence-electron chi connectivity index (χ0n) is 29.4. The van der Waals surface area contributed by atoms with Crippen molar-refractivity contribution < 1.29 is 31.8 Å². The average Bonchev–Trinajstić information content (AvgIpc) is 3.06. The lowest BCUT2D eigenvalue weighted by Crippen LogP contribution is -2.63. The molecule has 11 heteroatoms. The summed E-state index contributed by atoms with van der Waals surface area (Å²) in [5.41, 5.74) is 4.70. The molecule has 0 heterocycles. The lowest BCUT2D eigenvalue weighted by molar-refractivity contribution is -0.382. The van der Waals surface area contributed by atoms with Gasteiger partial charge in [0.2, 0.25) is 0 Å². The quantitative estimate of drug-likeness (QED) is 0.0795. The van der Waals surface area contributed by atoms with Gasteiger partial charge in [0.25, 0.3) is 5.79 Å². The van der Waals surface area contributed by atoms with Crippen molar-refractivity contribution in [1.82, 2.24) is 4.90 Å². The van der Waals surface area contributed by atoms with E-state index in [2.05, 4.69) is 4.90 Å². The van der Waals surface area contributed by atoms with Crippen LogP contribution in [0.5, 0.6) is 5.75 Å². The third-order valence-electron chi connectivity index (χ3n) is 8.28. The van der Waals surface area contributed by atoms with E-state index in [4.69, 9.17) is 41.8 Å². The first-order chi connectivity index (χ1) is 23.6. The van der Waals surface area contributed by atoms with Crippen LogP contribution in [0.25, 0.3) is 0 Å². The summed E-state index contributed by atoms with van der Waals surface area (Å²) in [5.74, 6) is -2.24. The number of likely N-dealkylation sites (N-methyl/N-ethyl adjacent to an activating group) is 1. The molecule has 0 saturated heterocycles. The third kappa shape index (κ3) is 11.3. The molecule has 5 nitrogen and oxygen atoms in total. The molecular weight excluding hydrogens is 702 g/mol. The van der Waals surface area contributed by atoms with Gasteiger partial charge in [-0.1, -0.05) is 89.4 Å². The number of alkyl halides is 3. The summed E-state index contributed by atoms with van der Waals surface area (Å²) >= 11 is 12.3. The Morgan fingerprint density at radius 1 is 0.760 bits per heavy atom. The van der Waals surface area contributed by atoms with Crippen molar-refractivity contribution in [3.05, 3.63) is 135 Å². The maximum absolute atomic E-state index is 14.9. The Hall–Kier alpha value is -2.89. The van der Waals surface area contributed by atoms with Gasteiger partial charge in [0.1, 0.15) is 18.5 Å². The number of aryl methyl sites for hydroxylation is 1. The molecule has 0 aliphatic heterocycles. The van der Waals surface area contributed by atoms with Gasteiger partial charge in [0, 0.05) is 42.6 Å². The van der Waals surface area contributed by atoms with E-state index in [1.807, 2.05) is 86.8 Å². The molecule has 0 aliphatic rings. The van der Waals surface area contributed by atoms with Gasteiger partial charge in [-0.05, 0) is 92.3 Å². The van der Waals surface area contributed by atoms with Crippen LogP contribution in [0.1, 0.15) is 33.7 Å². The standard InChI is InChI=1S/C39H46Cl2F3NO4Si/c1-28-7-9-30(10-8-28)27-48-37(38(46-3,39(42,43)44)49-50(4,5)6)25-29-11-21-35(22-12-29)47-24-23-45(2)26-36(31-13-17-33(40)18-14-31)32-15-19-34(41)20-16-32/h7-22,36-37H,23-27H2,1-6H3. The largest absolute Gasteiger partial charge is 0.492 e. The summed E-state index contributed by atoms with van der Waals surface area (Å²) in [6, 6.07) is 30.2. The summed E-state index contributed by atoms with van der Waals surface area (Å²) in [4.78, 5) is 2.19. The minimum atomic E-state index is -4.85. The van der Waals surface area contributed by atoms with Crippen molar-refractivity contribution in [2.45, 2.75) is 63.6 Å². The molecule has 50 heavy (non-hydrogen) atoms. The Balaban J connectivity index is 1.43. The number of rotatable bonds is 17. The van der Waals surface area contributed by atoms with Gasteiger partial charge in [0.05, 0.1) is 6.61 Å². The van der Waals surface area contributed by atoms with Crippen molar-refractivity contribution >= 4 is 31.5 Å².